The van der Waals surface area contributed by atoms with Gasteiger partial charge in [-0.2, -0.15) is 0 Å². The normalized spacial score (nSPS) is 44.9. The Bertz CT molecular complexity index is 795. The van der Waals surface area contributed by atoms with Crippen molar-refractivity contribution in [3.8, 4) is 0 Å². The molecule has 4 heteroatoms. The summed E-state index contributed by atoms with van der Waals surface area (Å²) in [6.45, 7) is 4.62. The first-order valence-electron chi connectivity index (χ1n) is 10.2. The van der Waals surface area contributed by atoms with E-state index in [0.717, 1.165) is 38.5 Å². The minimum Gasteiger partial charge on any atom is -0.327 e. The maximum Gasteiger partial charge on any atom is 0.161 e. The van der Waals surface area contributed by atoms with Crippen LogP contribution < -0.4 is 0 Å². The molecule has 6 atom stereocenters. The number of nitrogens with zero attached hydrogens (tertiary/aromatic N) is 2. The molecule has 4 nitrogen and oxygen atoms in total. The van der Waals surface area contributed by atoms with Crippen LogP contribution in [0, 0.1) is 28.6 Å². The van der Waals surface area contributed by atoms with Crippen LogP contribution in [0.25, 0.3) is 0 Å². The number of fused-ring (bicyclic) bond motifs is 5. The molecule has 1 heterocycles. The van der Waals surface area contributed by atoms with Crippen molar-refractivity contribution in [3.63, 3.8) is 0 Å². The van der Waals surface area contributed by atoms with Crippen LogP contribution in [0.1, 0.15) is 64.8 Å². The Hall–Kier alpha value is -1.71. The molecular formula is C22H28N2O2. The van der Waals surface area contributed by atoms with Crippen LogP contribution in [-0.4, -0.2) is 21.1 Å². The molecule has 1 aromatic rings. The van der Waals surface area contributed by atoms with Crippen molar-refractivity contribution < 1.29 is 9.59 Å². The van der Waals surface area contributed by atoms with Crippen LogP contribution in [0.15, 0.2) is 30.4 Å². The van der Waals surface area contributed by atoms with Gasteiger partial charge in [0.25, 0.3) is 0 Å². The number of rotatable bonds is 1. The van der Waals surface area contributed by atoms with Crippen LogP contribution in [0.5, 0.6) is 0 Å². The van der Waals surface area contributed by atoms with Gasteiger partial charge in [-0.3, -0.25) is 9.59 Å². The van der Waals surface area contributed by atoms with Gasteiger partial charge in [-0.05, 0) is 55.3 Å². The van der Waals surface area contributed by atoms with E-state index in [4.69, 9.17) is 0 Å². The van der Waals surface area contributed by atoms with E-state index in [1.165, 1.54) is 5.57 Å². The molecule has 4 aliphatic carbocycles. The minimum absolute atomic E-state index is 0.0441. The maximum atomic E-state index is 13.3. The van der Waals surface area contributed by atoms with Gasteiger partial charge in [0.2, 0.25) is 0 Å². The van der Waals surface area contributed by atoms with Gasteiger partial charge in [0.1, 0.15) is 5.78 Å². The molecule has 3 saturated carbocycles. The summed E-state index contributed by atoms with van der Waals surface area (Å²) >= 11 is 0. The van der Waals surface area contributed by atoms with E-state index in [1.807, 2.05) is 10.8 Å². The summed E-state index contributed by atoms with van der Waals surface area (Å²) in [6.07, 6.45) is 14.4. The molecule has 4 unspecified atom stereocenters. The van der Waals surface area contributed by atoms with Crippen molar-refractivity contribution in [3.05, 3.63) is 30.4 Å². The van der Waals surface area contributed by atoms with Crippen molar-refractivity contribution in [1.82, 2.24) is 9.55 Å². The van der Waals surface area contributed by atoms with Gasteiger partial charge in [0, 0.05) is 30.7 Å². The molecule has 5 rings (SSSR count). The zero-order chi connectivity index (χ0) is 18.1. The Labute approximate surface area is 155 Å². The van der Waals surface area contributed by atoms with Gasteiger partial charge >= 0.3 is 0 Å². The first-order valence-corrected chi connectivity index (χ1v) is 10.2. The lowest BCUT2D eigenvalue weighted by atomic mass is 9.48. The largest absolute Gasteiger partial charge is 0.327 e. The SMILES string of the molecule is C[C@]12CCC(=O)CC1=CCC1C2CC[C@]2(C)C(=O)C(n3ccnc3)CC12. The Kier molecular flexibility index (Phi) is 3.42. The highest BCUT2D eigenvalue weighted by Crippen LogP contribution is 2.64. The van der Waals surface area contributed by atoms with E-state index >= 15 is 0 Å². The fourth-order valence-electron chi connectivity index (χ4n) is 6.98. The topological polar surface area (TPSA) is 52.0 Å². The molecular weight excluding hydrogens is 324 g/mol. The van der Waals surface area contributed by atoms with Gasteiger partial charge < -0.3 is 4.57 Å². The lowest BCUT2D eigenvalue weighted by molar-refractivity contribution is -0.134. The summed E-state index contributed by atoms with van der Waals surface area (Å²) in [5.74, 6) is 2.48. The fourth-order valence-corrected chi connectivity index (χ4v) is 6.98. The van der Waals surface area contributed by atoms with E-state index < -0.39 is 0 Å². The van der Waals surface area contributed by atoms with Crippen molar-refractivity contribution >= 4 is 11.6 Å². The summed E-state index contributed by atoms with van der Waals surface area (Å²) in [5.41, 5.74) is 1.38. The van der Waals surface area contributed by atoms with E-state index in [1.54, 1.807) is 12.5 Å². The quantitative estimate of drug-likeness (QED) is 0.714. The molecule has 0 radical (unpaired) electrons. The van der Waals surface area contributed by atoms with Gasteiger partial charge in [0.15, 0.2) is 5.78 Å². The van der Waals surface area contributed by atoms with Crippen LogP contribution in [0.3, 0.4) is 0 Å². The Morgan fingerprint density at radius 3 is 2.77 bits per heavy atom. The molecule has 0 amide bonds. The number of carbonyl (C=O) groups excluding carboxylic acids is 2. The predicted octanol–water partition coefficient (Wildman–Crippen LogP) is 4.14. The molecule has 3 fully saturated rings. The van der Waals surface area contributed by atoms with Crippen LogP contribution >= 0.6 is 0 Å². The second-order valence-electron chi connectivity index (χ2n) is 9.56. The second kappa shape index (κ2) is 5.40. The molecule has 1 aromatic heterocycles. The molecule has 0 aliphatic heterocycles. The van der Waals surface area contributed by atoms with Crippen molar-refractivity contribution in [2.75, 3.05) is 0 Å². The smallest absolute Gasteiger partial charge is 0.161 e. The van der Waals surface area contributed by atoms with Gasteiger partial charge in [-0.25, -0.2) is 4.98 Å². The van der Waals surface area contributed by atoms with Gasteiger partial charge in [-0.1, -0.05) is 25.5 Å². The summed E-state index contributed by atoms with van der Waals surface area (Å²) in [5, 5.41) is 0. The predicted molar refractivity (Wildman–Crippen MR) is 98.4 cm³/mol. The molecule has 0 saturated heterocycles. The number of Topliss-reactive ketones (excluding diaryl/α,β-unsaturated/α-hetero) is 2. The third-order valence-corrected chi connectivity index (χ3v) is 8.55. The zero-order valence-electron chi connectivity index (χ0n) is 15.8. The van der Waals surface area contributed by atoms with E-state index in [2.05, 4.69) is 24.9 Å². The molecule has 0 spiro atoms. The second-order valence-corrected chi connectivity index (χ2v) is 9.56. The van der Waals surface area contributed by atoms with E-state index in [0.29, 0.717) is 35.7 Å². The minimum atomic E-state index is -0.192. The number of hydrogen-bond acceptors (Lipinski definition) is 3. The number of carbonyl (C=O) groups is 2. The average molecular weight is 352 g/mol. The summed E-state index contributed by atoms with van der Waals surface area (Å²) in [7, 11) is 0. The standard InChI is InChI=1S/C22H28N2O2/c1-21-7-5-15(25)11-14(21)3-4-16-17(21)6-8-22(2)18(16)12-19(20(22)26)24-10-9-23-13-24/h3,9-10,13,16-19H,4-8,11-12H2,1-2H3/t16?,17?,18?,19?,21-,22-/m0/s1. The van der Waals surface area contributed by atoms with Crippen molar-refractivity contribution in [2.45, 2.75) is 64.8 Å². The Balaban J connectivity index is 1.50. The first-order chi connectivity index (χ1) is 12.4. The molecule has 0 bridgehead atoms. The lowest BCUT2D eigenvalue weighted by Crippen LogP contribution is -2.50. The number of hydrogen-bond donors (Lipinski definition) is 0. The third kappa shape index (κ3) is 2.04. The van der Waals surface area contributed by atoms with Crippen LogP contribution in [-0.2, 0) is 9.59 Å². The summed E-state index contributed by atoms with van der Waals surface area (Å²) < 4.78 is 2.02. The Morgan fingerprint density at radius 1 is 1.15 bits per heavy atom. The lowest BCUT2D eigenvalue weighted by Gasteiger charge is -2.56. The van der Waals surface area contributed by atoms with Gasteiger partial charge in [0.05, 0.1) is 12.4 Å². The van der Waals surface area contributed by atoms with E-state index in [-0.39, 0.29) is 16.9 Å². The maximum absolute atomic E-state index is 13.3. The monoisotopic (exact) mass is 352 g/mol. The average Bonchev–Trinajstić information content (AvgIpc) is 3.23. The third-order valence-electron chi connectivity index (χ3n) is 8.55. The Morgan fingerprint density at radius 2 is 2.00 bits per heavy atom. The highest BCUT2D eigenvalue weighted by Gasteiger charge is 2.61. The van der Waals surface area contributed by atoms with Crippen LogP contribution in [0.2, 0.25) is 0 Å². The first kappa shape index (κ1) is 16.5. The molecule has 0 aromatic carbocycles. The number of imidazole rings is 1. The van der Waals surface area contributed by atoms with Crippen molar-refractivity contribution in [2.24, 2.45) is 28.6 Å². The summed E-state index contributed by atoms with van der Waals surface area (Å²) in [6, 6.07) is -0.0441. The molecule has 26 heavy (non-hydrogen) atoms. The highest BCUT2D eigenvalue weighted by molar-refractivity contribution is 5.91. The van der Waals surface area contributed by atoms with Gasteiger partial charge in [-0.15, -0.1) is 0 Å². The highest BCUT2D eigenvalue weighted by atomic mass is 16.1. The van der Waals surface area contributed by atoms with Crippen LogP contribution in [0.4, 0.5) is 0 Å². The fraction of sp³-hybridized carbons (Fsp3) is 0.682. The van der Waals surface area contributed by atoms with E-state index in [9.17, 15) is 9.59 Å². The zero-order valence-corrected chi connectivity index (χ0v) is 15.8. The number of ketones is 2. The van der Waals surface area contributed by atoms with Crippen molar-refractivity contribution in [1.29, 1.82) is 0 Å². The number of aromatic nitrogens is 2. The molecule has 4 aliphatic rings. The number of allylic oxidation sites excluding steroid dienone is 2. The molecule has 0 N–H and O–H groups in total. The molecule has 138 valence electrons. The summed E-state index contributed by atoms with van der Waals surface area (Å²) in [4.78, 5) is 29.5.